The van der Waals surface area contributed by atoms with Crippen LogP contribution >= 0.6 is 11.6 Å². The summed E-state index contributed by atoms with van der Waals surface area (Å²) in [5.41, 5.74) is 4.84. The van der Waals surface area contributed by atoms with Gasteiger partial charge < -0.3 is 9.64 Å². The first-order valence-corrected chi connectivity index (χ1v) is 13.9. The number of carbonyl (C=O) groups is 2. The van der Waals surface area contributed by atoms with E-state index in [1.165, 1.54) is 5.56 Å². The first kappa shape index (κ1) is 26.4. The van der Waals surface area contributed by atoms with Gasteiger partial charge in [-0.3, -0.25) is 19.5 Å². The highest BCUT2D eigenvalue weighted by Gasteiger charge is 2.31. The van der Waals surface area contributed by atoms with Crippen molar-refractivity contribution in [2.24, 2.45) is 5.92 Å². The summed E-state index contributed by atoms with van der Waals surface area (Å²) in [7, 11) is 0. The van der Waals surface area contributed by atoms with Crippen molar-refractivity contribution < 1.29 is 14.3 Å². The van der Waals surface area contributed by atoms with E-state index < -0.39 is 0 Å². The smallest absolute Gasteiger partial charge is 0.246 e. The topological polar surface area (TPSA) is 76.5 Å². The molecule has 0 spiro atoms. The number of aromatic nitrogens is 2. The maximum absolute atomic E-state index is 13.4. The number of halogens is 1. The van der Waals surface area contributed by atoms with Gasteiger partial charge in [0.15, 0.2) is 0 Å². The fraction of sp³-hybridized carbons (Fsp3) is 0.433. The number of imidazole rings is 1. The summed E-state index contributed by atoms with van der Waals surface area (Å²) < 4.78 is 7.69. The van der Waals surface area contributed by atoms with E-state index in [0.717, 1.165) is 55.3 Å². The SMILES string of the molecule is Cc1ccc(-n2cc(-c3ccc(Cl)cc3)nc2NC(=O)CN(C[C@@H]2CCCO2)C(=O)C2CCCC2)cc1C. The van der Waals surface area contributed by atoms with E-state index in [-0.39, 0.29) is 30.4 Å². The van der Waals surface area contributed by atoms with Gasteiger partial charge in [0.25, 0.3) is 0 Å². The summed E-state index contributed by atoms with van der Waals surface area (Å²) in [5, 5.41) is 3.64. The van der Waals surface area contributed by atoms with Gasteiger partial charge in [-0.1, -0.05) is 42.6 Å². The lowest BCUT2D eigenvalue weighted by Gasteiger charge is -2.27. The normalized spacial score (nSPS) is 17.6. The molecule has 1 aromatic heterocycles. The molecule has 200 valence electrons. The van der Waals surface area contributed by atoms with Gasteiger partial charge in [-0.25, -0.2) is 4.98 Å². The number of rotatable bonds is 8. The third-order valence-electron chi connectivity index (χ3n) is 7.66. The van der Waals surface area contributed by atoms with E-state index in [1.807, 2.05) is 41.1 Å². The van der Waals surface area contributed by atoms with E-state index in [0.29, 0.717) is 29.8 Å². The lowest BCUT2D eigenvalue weighted by atomic mass is 10.1. The molecule has 1 N–H and O–H groups in total. The van der Waals surface area contributed by atoms with Crippen LogP contribution in [-0.2, 0) is 14.3 Å². The van der Waals surface area contributed by atoms with Crippen molar-refractivity contribution in [1.82, 2.24) is 14.5 Å². The van der Waals surface area contributed by atoms with Gasteiger partial charge in [0, 0.05) is 41.5 Å². The zero-order valence-corrected chi connectivity index (χ0v) is 22.8. The van der Waals surface area contributed by atoms with Crippen molar-refractivity contribution in [3.05, 3.63) is 64.8 Å². The van der Waals surface area contributed by atoms with E-state index in [9.17, 15) is 9.59 Å². The fourth-order valence-corrected chi connectivity index (χ4v) is 5.46. The van der Waals surface area contributed by atoms with Crippen LogP contribution in [0.5, 0.6) is 0 Å². The summed E-state index contributed by atoms with van der Waals surface area (Å²) in [4.78, 5) is 33.2. The van der Waals surface area contributed by atoms with Crippen LogP contribution in [0.3, 0.4) is 0 Å². The third-order valence-corrected chi connectivity index (χ3v) is 7.92. The Kier molecular flexibility index (Phi) is 8.15. The standard InChI is InChI=1S/C30H35ClN4O3/c1-20-9-14-25(16-21(20)2)35-18-27(22-10-12-24(31)13-11-22)32-30(35)33-28(36)19-34(17-26-8-5-15-38-26)29(37)23-6-3-4-7-23/h9-14,16,18,23,26H,3-8,15,17,19H2,1-2H3,(H,32,33,36)/t26-/m0/s1. The van der Waals surface area contributed by atoms with Crippen molar-refractivity contribution in [2.45, 2.75) is 58.5 Å². The van der Waals surface area contributed by atoms with Crippen LogP contribution < -0.4 is 5.32 Å². The second-order valence-corrected chi connectivity index (χ2v) is 10.9. The number of ether oxygens (including phenoxy) is 1. The zero-order chi connectivity index (χ0) is 26.6. The predicted molar refractivity (Wildman–Crippen MR) is 150 cm³/mol. The van der Waals surface area contributed by atoms with Crippen molar-refractivity contribution >= 4 is 29.4 Å². The van der Waals surface area contributed by atoms with Gasteiger partial charge in [-0.2, -0.15) is 0 Å². The molecule has 8 heteroatoms. The predicted octanol–water partition coefficient (Wildman–Crippen LogP) is 5.95. The number of aryl methyl sites for hydroxylation is 2. The minimum atomic E-state index is -0.271. The van der Waals surface area contributed by atoms with Crippen LogP contribution in [0, 0.1) is 19.8 Å². The third kappa shape index (κ3) is 6.11. The van der Waals surface area contributed by atoms with E-state index in [2.05, 4.69) is 31.3 Å². The summed E-state index contributed by atoms with van der Waals surface area (Å²) in [6, 6.07) is 13.6. The minimum absolute atomic E-state index is 0.00164. The van der Waals surface area contributed by atoms with Crippen LogP contribution in [-0.4, -0.2) is 52.1 Å². The number of nitrogens with zero attached hydrogens (tertiary/aromatic N) is 3. The van der Waals surface area contributed by atoms with Crippen LogP contribution in [0.15, 0.2) is 48.7 Å². The van der Waals surface area contributed by atoms with E-state index in [4.69, 9.17) is 21.3 Å². The maximum Gasteiger partial charge on any atom is 0.246 e. The largest absolute Gasteiger partial charge is 0.376 e. The van der Waals surface area contributed by atoms with Crippen LogP contribution in [0.4, 0.5) is 5.95 Å². The maximum atomic E-state index is 13.4. The minimum Gasteiger partial charge on any atom is -0.376 e. The molecule has 1 saturated heterocycles. The van der Waals surface area contributed by atoms with Crippen LogP contribution in [0.2, 0.25) is 5.02 Å². The average Bonchev–Trinajstić information content (AvgIpc) is 3.68. The van der Waals surface area contributed by atoms with Gasteiger partial charge in [0.1, 0.15) is 6.54 Å². The van der Waals surface area contributed by atoms with Crippen molar-refractivity contribution in [3.63, 3.8) is 0 Å². The first-order chi connectivity index (χ1) is 18.4. The Morgan fingerprint density at radius 3 is 2.50 bits per heavy atom. The Morgan fingerprint density at radius 1 is 1.05 bits per heavy atom. The number of amides is 2. The van der Waals surface area contributed by atoms with E-state index >= 15 is 0 Å². The summed E-state index contributed by atoms with van der Waals surface area (Å²) >= 11 is 6.09. The Morgan fingerprint density at radius 2 is 1.82 bits per heavy atom. The molecule has 2 amide bonds. The first-order valence-electron chi connectivity index (χ1n) is 13.5. The van der Waals surface area contributed by atoms with Crippen molar-refractivity contribution in [1.29, 1.82) is 0 Å². The van der Waals surface area contributed by atoms with Crippen LogP contribution in [0.25, 0.3) is 16.9 Å². The molecule has 0 unspecified atom stereocenters. The molecule has 1 atom stereocenters. The number of hydrogen-bond donors (Lipinski definition) is 1. The molecule has 2 aromatic carbocycles. The lowest BCUT2D eigenvalue weighted by molar-refractivity contribution is -0.139. The molecule has 38 heavy (non-hydrogen) atoms. The van der Waals surface area contributed by atoms with Crippen LogP contribution in [0.1, 0.15) is 49.7 Å². The molecular formula is C30H35ClN4O3. The monoisotopic (exact) mass is 534 g/mol. The van der Waals surface area contributed by atoms with Crippen molar-refractivity contribution in [2.75, 3.05) is 25.0 Å². The molecule has 1 saturated carbocycles. The molecule has 7 nitrogen and oxygen atoms in total. The number of anilines is 1. The Labute approximate surface area is 229 Å². The highest BCUT2D eigenvalue weighted by Crippen LogP contribution is 2.29. The summed E-state index contributed by atoms with van der Waals surface area (Å²) in [5.74, 6) is 0.201. The zero-order valence-electron chi connectivity index (χ0n) is 22.1. The molecule has 2 fully saturated rings. The second kappa shape index (κ2) is 11.7. The van der Waals surface area contributed by atoms with E-state index in [1.54, 1.807) is 4.90 Å². The van der Waals surface area contributed by atoms with Gasteiger partial charge in [-0.15, -0.1) is 0 Å². The molecule has 3 aromatic rings. The van der Waals surface area contributed by atoms with Gasteiger partial charge in [0.2, 0.25) is 17.8 Å². The van der Waals surface area contributed by atoms with Gasteiger partial charge >= 0.3 is 0 Å². The molecule has 1 aliphatic heterocycles. The molecule has 1 aliphatic carbocycles. The van der Waals surface area contributed by atoms with Gasteiger partial charge in [-0.05, 0) is 74.9 Å². The Hall–Kier alpha value is -3.16. The quantitative estimate of drug-likeness (QED) is 0.387. The number of hydrogen-bond acceptors (Lipinski definition) is 4. The average molecular weight is 535 g/mol. The number of carbonyl (C=O) groups excluding carboxylic acids is 2. The highest BCUT2D eigenvalue weighted by atomic mass is 35.5. The number of benzene rings is 2. The summed E-state index contributed by atoms with van der Waals surface area (Å²) in [6.45, 7) is 5.27. The number of nitrogens with one attached hydrogen (secondary N) is 1. The Balaban J connectivity index is 1.40. The molecule has 0 bridgehead atoms. The molecule has 5 rings (SSSR count). The lowest BCUT2D eigenvalue weighted by Crippen LogP contribution is -2.44. The fourth-order valence-electron chi connectivity index (χ4n) is 5.34. The molecule has 0 radical (unpaired) electrons. The van der Waals surface area contributed by atoms with Crippen molar-refractivity contribution in [3.8, 4) is 16.9 Å². The van der Waals surface area contributed by atoms with Gasteiger partial charge in [0.05, 0.1) is 11.8 Å². The highest BCUT2D eigenvalue weighted by molar-refractivity contribution is 6.30. The second-order valence-electron chi connectivity index (χ2n) is 10.5. The summed E-state index contributed by atoms with van der Waals surface area (Å²) in [6.07, 6.45) is 7.72. The Bertz CT molecular complexity index is 1290. The molecular weight excluding hydrogens is 500 g/mol. The molecule has 2 aliphatic rings. The molecule has 2 heterocycles.